The van der Waals surface area contributed by atoms with E-state index in [0.717, 1.165) is 12.1 Å². The summed E-state index contributed by atoms with van der Waals surface area (Å²) in [4.78, 5) is 0. The summed E-state index contributed by atoms with van der Waals surface area (Å²) >= 11 is 0. The van der Waals surface area contributed by atoms with Gasteiger partial charge in [0.15, 0.2) is 17.3 Å². The minimum atomic E-state index is -3.22. The van der Waals surface area contributed by atoms with Crippen LogP contribution in [-0.4, -0.2) is 33.2 Å². The maximum Gasteiger partial charge on any atom is 0.387 e. The van der Waals surface area contributed by atoms with Gasteiger partial charge in [0.1, 0.15) is 0 Å². The molecule has 5 nitrogen and oxygen atoms in total. The lowest BCUT2D eigenvalue weighted by Gasteiger charge is -2.41. The Hall–Kier alpha value is -2.05. The average Bonchev–Trinajstić information content (AvgIpc) is 2.62. The average molecular weight is 377 g/mol. The maximum atomic E-state index is 12.6. The first-order valence-corrected chi connectivity index (χ1v) is 7.85. The van der Waals surface area contributed by atoms with Crippen molar-refractivity contribution in [3.05, 3.63) is 23.8 Å². The highest BCUT2D eigenvalue weighted by Crippen LogP contribution is 2.46. The number of hydrogen-bond donors (Lipinski definition) is 0. The van der Waals surface area contributed by atoms with Crippen molar-refractivity contribution in [3.8, 4) is 17.6 Å². The minimum Gasteiger partial charge on any atom is -0.431 e. The summed E-state index contributed by atoms with van der Waals surface area (Å²) in [6, 6.07) is 5.88. The third-order valence-corrected chi connectivity index (χ3v) is 4.75. The van der Waals surface area contributed by atoms with Gasteiger partial charge in [0, 0.05) is 27.1 Å². The van der Waals surface area contributed by atoms with Gasteiger partial charge < -0.3 is 18.9 Å². The fourth-order valence-electron chi connectivity index (χ4n) is 3.20. The van der Waals surface area contributed by atoms with E-state index in [2.05, 4.69) is 15.5 Å². The van der Waals surface area contributed by atoms with Gasteiger partial charge in [0.2, 0.25) is 0 Å². The molecule has 0 N–H and O–H groups in total. The van der Waals surface area contributed by atoms with Crippen LogP contribution in [0.15, 0.2) is 18.2 Å². The molecule has 0 aliphatic heterocycles. The van der Waals surface area contributed by atoms with Gasteiger partial charge in [-0.25, -0.2) is 0 Å². The van der Waals surface area contributed by atoms with E-state index >= 15 is 0 Å². The van der Waals surface area contributed by atoms with Gasteiger partial charge in [-0.05, 0) is 30.5 Å². The molecular formula is C17H19F4NO4. The van der Waals surface area contributed by atoms with Gasteiger partial charge in [0.25, 0.3) is 0 Å². The Balaban J connectivity index is 2.35. The Labute approximate surface area is 148 Å². The number of methoxy groups -OCH3 is 2. The number of ether oxygens (including phenoxy) is 4. The molecule has 9 heteroatoms. The highest BCUT2D eigenvalue weighted by atomic mass is 19.3. The van der Waals surface area contributed by atoms with Crippen molar-refractivity contribution in [1.82, 2.24) is 0 Å². The van der Waals surface area contributed by atoms with Crippen LogP contribution >= 0.6 is 0 Å². The van der Waals surface area contributed by atoms with Crippen LogP contribution in [0.3, 0.4) is 0 Å². The summed E-state index contributed by atoms with van der Waals surface area (Å²) in [6.07, 6.45) is 1.50. The standard InChI is InChI=1S/C17H19F4NO4/c1-23-17(24-2)7-5-16(10-22,6-8-17)11-3-4-12(25-14(18)19)13(9-11)26-15(20)21/h3-4,9,14-15H,5-8H2,1-2H3. The predicted molar refractivity (Wildman–Crippen MR) is 82.2 cm³/mol. The Morgan fingerprint density at radius 1 is 0.923 bits per heavy atom. The van der Waals surface area contributed by atoms with Crippen LogP contribution in [0.5, 0.6) is 11.5 Å². The number of nitrogens with zero attached hydrogens (tertiary/aromatic N) is 1. The van der Waals surface area contributed by atoms with Crippen molar-refractivity contribution in [2.75, 3.05) is 14.2 Å². The lowest BCUT2D eigenvalue weighted by molar-refractivity contribution is -0.227. The van der Waals surface area contributed by atoms with E-state index < -0.39 is 35.9 Å². The molecule has 0 unspecified atom stereocenters. The summed E-state index contributed by atoms with van der Waals surface area (Å²) in [5.74, 6) is -1.86. The van der Waals surface area contributed by atoms with Crippen molar-refractivity contribution in [3.63, 3.8) is 0 Å². The Kier molecular flexibility index (Phi) is 6.31. The lowest BCUT2D eigenvalue weighted by atomic mass is 9.68. The fourth-order valence-corrected chi connectivity index (χ4v) is 3.20. The minimum absolute atomic E-state index is 0.342. The van der Waals surface area contributed by atoms with Crippen LogP contribution < -0.4 is 9.47 Å². The molecule has 0 saturated heterocycles. The van der Waals surface area contributed by atoms with Gasteiger partial charge in [-0.1, -0.05) is 6.07 Å². The normalized spacial score (nSPS) is 18.6. The molecule has 2 rings (SSSR count). The summed E-state index contributed by atoms with van der Waals surface area (Å²) in [7, 11) is 3.02. The van der Waals surface area contributed by atoms with E-state index in [0.29, 0.717) is 31.2 Å². The molecule has 1 aliphatic carbocycles. The fraction of sp³-hybridized carbons (Fsp3) is 0.588. The second-order valence-corrected chi connectivity index (χ2v) is 5.93. The Morgan fingerprint density at radius 2 is 1.46 bits per heavy atom. The first-order valence-electron chi connectivity index (χ1n) is 7.85. The first kappa shape index (κ1) is 20.3. The molecule has 0 atom stereocenters. The van der Waals surface area contributed by atoms with Crippen LogP contribution in [0.2, 0.25) is 0 Å². The molecular weight excluding hydrogens is 358 g/mol. The maximum absolute atomic E-state index is 12.6. The molecule has 0 bridgehead atoms. The molecule has 1 saturated carbocycles. The SMILES string of the molecule is COC1(OC)CCC(C#N)(c2ccc(OC(F)F)c(OC(F)F)c2)CC1. The number of rotatable bonds is 7. The van der Waals surface area contributed by atoms with Crippen molar-refractivity contribution in [1.29, 1.82) is 5.26 Å². The first-order chi connectivity index (χ1) is 12.3. The topological polar surface area (TPSA) is 60.7 Å². The van der Waals surface area contributed by atoms with Gasteiger partial charge in [-0.2, -0.15) is 22.8 Å². The number of nitriles is 1. The van der Waals surface area contributed by atoms with Gasteiger partial charge in [-0.15, -0.1) is 0 Å². The molecule has 0 heterocycles. The highest BCUT2D eigenvalue weighted by Gasteiger charge is 2.45. The zero-order chi connectivity index (χ0) is 19.4. The Morgan fingerprint density at radius 3 is 1.92 bits per heavy atom. The zero-order valence-electron chi connectivity index (χ0n) is 14.3. The predicted octanol–water partition coefficient (Wildman–Crippen LogP) is 4.21. The monoisotopic (exact) mass is 377 g/mol. The van der Waals surface area contributed by atoms with Gasteiger partial charge >= 0.3 is 13.2 Å². The van der Waals surface area contributed by atoms with Crippen molar-refractivity contribution in [2.45, 2.75) is 50.1 Å². The summed E-state index contributed by atoms with van der Waals surface area (Å²) in [6.45, 7) is -6.41. The highest BCUT2D eigenvalue weighted by molar-refractivity contribution is 5.47. The molecule has 144 valence electrons. The molecule has 0 aromatic heterocycles. The number of hydrogen-bond acceptors (Lipinski definition) is 5. The van der Waals surface area contributed by atoms with E-state index in [4.69, 9.17) is 9.47 Å². The molecule has 0 radical (unpaired) electrons. The number of benzene rings is 1. The van der Waals surface area contributed by atoms with E-state index in [-0.39, 0.29) is 0 Å². The van der Waals surface area contributed by atoms with E-state index in [9.17, 15) is 22.8 Å². The summed E-state index contributed by atoms with van der Waals surface area (Å²) in [5, 5.41) is 9.73. The molecule has 1 aromatic carbocycles. The van der Waals surface area contributed by atoms with E-state index in [1.54, 1.807) is 0 Å². The van der Waals surface area contributed by atoms with Crippen molar-refractivity contribution < 1.29 is 36.5 Å². The van der Waals surface area contributed by atoms with Crippen LogP contribution in [-0.2, 0) is 14.9 Å². The van der Waals surface area contributed by atoms with Crippen LogP contribution in [0, 0.1) is 11.3 Å². The lowest BCUT2D eigenvalue weighted by Crippen LogP contribution is -2.43. The van der Waals surface area contributed by atoms with Crippen LogP contribution in [0.4, 0.5) is 17.6 Å². The number of alkyl halides is 4. The Bertz CT molecular complexity index is 649. The van der Waals surface area contributed by atoms with Crippen LogP contribution in [0.25, 0.3) is 0 Å². The number of halogens is 4. The molecule has 26 heavy (non-hydrogen) atoms. The molecule has 1 aromatic rings. The second kappa shape index (κ2) is 8.10. The third-order valence-electron chi connectivity index (χ3n) is 4.75. The molecule has 1 aliphatic rings. The second-order valence-electron chi connectivity index (χ2n) is 5.93. The summed E-state index contributed by atoms with van der Waals surface area (Å²) < 4.78 is 69.4. The van der Waals surface area contributed by atoms with Gasteiger partial charge in [-0.3, -0.25) is 0 Å². The largest absolute Gasteiger partial charge is 0.431 e. The zero-order valence-corrected chi connectivity index (χ0v) is 14.3. The van der Waals surface area contributed by atoms with E-state index in [1.807, 2.05) is 0 Å². The smallest absolute Gasteiger partial charge is 0.387 e. The summed E-state index contributed by atoms with van der Waals surface area (Å²) in [5.41, 5.74) is -0.609. The third kappa shape index (κ3) is 4.19. The van der Waals surface area contributed by atoms with Crippen molar-refractivity contribution in [2.24, 2.45) is 0 Å². The quantitative estimate of drug-likeness (QED) is 0.526. The van der Waals surface area contributed by atoms with E-state index in [1.165, 1.54) is 20.3 Å². The van der Waals surface area contributed by atoms with Gasteiger partial charge in [0.05, 0.1) is 11.5 Å². The molecule has 0 spiro atoms. The van der Waals surface area contributed by atoms with Crippen molar-refractivity contribution >= 4 is 0 Å². The molecule has 0 amide bonds. The van der Waals surface area contributed by atoms with Crippen LogP contribution in [0.1, 0.15) is 31.2 Å². The molecule has 1 fully saturated rings.